The number of carbonyl (C=O) groups excluding carboxylic acids is 2. The first-order valence-electron chi connectivity index (χ1n) is 9.33. The Labute approximate surface area is 179 Å². The van der Waals surface area contributed by atoms with Crippen molar-refractivity contribution in [3.05, 3.63) is 60.4 Å². The number of hydrogen-bond acceptors (Lipinski definition) is 6. The van der Waals surface area contributed by atoms with Crippen molar-refractivity contribution in [2.75, 3.05) is 16.4 Å². The Hall–Kier alpha value is -3.33. The van der Waals surface area contributed by atoms with Crippen molar-refractivity contribution < 1.29 is 14.3 Å². The van der Waals surface area contributed by atoms with E-state index < -0.39 is 0 Å². The first-order valence-corrected chi connectivity index (χ1v) is 10.3. The Morgan fingerprint density at radius 1 is 1.03 bits per heavy atom. The lowest BCUT2D eigenvalue weighted by atomic mass is 10.3. The molecular formula is C21H23N5O3S. The summed E-state index contributed by atoms with van der Waals surface area (Å²) >= 11 is 1.30. The molecule has 1 aromatic heterocycles. The van der Waals surface area contributed by atoms with Crippen LogP contribution in [0.25, 0.3) is 0 Å². The van der Waals surface area contributed by atoms with Crippen LogP contribution in [0.1, 0.15) is 25.8 Å². The third kappa shape index (κ3) is 5.84. The molecule has 0 aliphatic heterocycles. The van der Waals surface area contributed by atoms with Crippen LogP contribution in [0.3, 0.4) is 0 Å². The van der Waals surface area contributed by atoms with Gasteiger partial charge in [-0.25, -0.2) is 0 Å². The maximum atomic E-state index is 12.3. The van der Waals surface area contributed by atoms with Crippen molar-refractivity contribution in [3.8, 4) is 5.75 Å². The minimum atomic E-state index is -0.282. The van der Waals surface area contributed by atoms with Crippen LogP contribution < -0.4 is 15.4 Å². The molecule has 0 radical (unpaired) electrons. The second-order valence-electron chi connectivity index (χ2n) is 6.57. The minimum absolute atomic E-state index is 0.144. The van der Waals surface area contributed by atoms with Crippen LogP contribution in [-0.4, -0.2) is 32.3 Å². The summed E-state index contributed by atoms with van der Waals surface area (Å²) in [5, 5.41) is 14.5. The van der Waals surface area contributed by atoms with Crippen molar-refractivity contribution in [1.29, 1.82) is 0 Å². The molecule has 0 saturated carbocycles. The molecule has 9 heteroatoms. The summed E-state index contributed by atoms with van der Waals surface area (Å²) in [5.41, 5.74) is 1.33. The van der Waals surface area contributed by atoms with E-state index in [9.17, 15) is 9.59 Å². The van der Waals surface area contributed by atoms with Gasteiger partial charge in [0.2, 0.25) is 11.8 Å². The van der Waals surface area contributed by atoms with Crippen molar-refractivity contribution in [1.82, 2.24) is 14.8 Å². The van der Waals surface area contributed by atoms with E-state index in [0.29, 0.717) is 22.4 Å². The normalized spacial score (nSPS) is 11.6. The Morgan fingerprint density at radius 2 is 1.67 bits per heavy atom. The first kappa shape index (κ1) is 21.4. The molecule has 1 atom stereocenters. The number of carbonyl (C=O) groups is 2. The number of anilines is 2. The van der Waals surface area contributed by atoms with E-state index in [-0.39, 0.29) is 23.7 Å². The van der Waals surface area contributed by atoms with Gasteiger partial charge in [-0.1, -0.05) is 30.0 Å². The number of para-hydroxylation sites is 1. The van der Waals surface area contributed by atoms with Gasteiger partial charge in [-0.15, -0.1) is 10.2 Å². The zero-order chi connectivity index (χ0) is 21.5. The standard InChI is InChI=1S/C21H23N5O3S/c1-14(29-18-7-5-4-6-8-18)20-24-25-21(26(20)3)30-13-19(28)23-17-11-9-16(10-12-17)22-15(2)27/h4-12,14H,13H2,1-3H3,(H,22,27)(H,23,28). The molecule has 3 aromatic rings. The zero-order valence-corrected chi connectivity index (χ0v) is 17.8. The van der Waals surface area contributed by atoms with Gasteiger partial charge in [0, 0.05) is 25.3 Å². The lowest BCUT2D eigenvalue weighted by molar-refractivity contribution is -0.114. The van der Waals surface area contributed by atoms with Crippen LogP contribution in [0.4, 0.5) is 11.4 Å². The van der Waals surface area contributed by atoms with Crippen molar-refractivity contribution >= 4 is 35.0 Å². The predicted octanol–water partition coefficient (Wildman–Crippen LogP) is 3.64. The largest absolute Gasteiger partial charge is 0.483 e. The van der Waals surface area contributed by atoms with Gasteiger partial charge in [0.1, 0.15) is 5.75 Å². The van der Waals surface area contributed by atoms with Crippen LogP contribution >= 0.6 is 11.8 Å². The Morgan fingerprint density at radius 3 is 2.30 bits per heavy atom. The molecule has 0 aliphatic carbocycles. The molecule has 2 amide bonds. The van der Waals surface area contributed by atoms with Gasteiger partial charge in [0.15, 0.2) is 17.1 Å². The summed E-state index contributed by atoms with van der Waals surface area (Å²) in [7, 11) is 1.85. The van der Waals surface area contributed by atoms with Crippen molar-refractivity contribution in [3.63, 3.8) is 0 Å². The van der Waals surface area contributed by atoms with E-state index in [1.807, 2.05) is 48.9 Å². The van der Waals surface area contributed by atoms with Crippen molar-refractivity contribution in [2.24, 2.45) is 7.05 Å². The van der Waals surface area contributed by atoms with E-state index in [2.05, 4.69) is 20.8 Å². The molecule has 0 spiro atoms. The van der Waals surface area contributed by atoms with Gasteiger partial charge in [0.05, 0.1) is 5.75 Å². The zero-order valence-electron chi connectivity index (χ0n) is 17.0. The number of nitrogens with zero attached hydrogens (tertiary/aromatic N) is 3. The maximum absolute atomic E-state index is 12.3. The molecule has 0 bridgehead atoms. The van der Waals surface area contributed by atoms with Crippen LogP contribution in [0.15, 0.2) is 59.8 Å². The minimum Gasteiger partial charge on any atom is -0.483 e. The summed E-state index contributed by atoms with van der Waals surface area (Å²) < 4.78 is 7.72. The molecule has 156 valence electrons. The third-order valence-corrected chi connectivity index (χ3v) is 5.13. The van der Waals surface area contributed by atoms with Gasteiger partial charge in [0.25, 0.3) is 0 Å². The highest BCUT2D eigenvalue weighted by Gasteiger charge is 2.18. The van der Waals surface area contributed by atoms with Gasteiger partial charge < -0.3 is 19.9 Å². The number of nitrogens with one attached hydrogen (secondary N) is 2. The Balaban J connectivity index is 1.53. The fraction of sp³-hybridized carbons (Fsp3) is 0.238. The Kier molecular flexibility index (Phi) is 7.08. The first-order chi connectivity index (χ1) is 14.4. The number of aromatic nitrogens is 3. The fourth-order valence-electron chi connectivity index (χ4n) is 2.73. The highest BCUT2D eigenvalue weighted by atomic mass is 32.2. The highest BCUT2D eigenvalue weighted by Crippen LogP contribution is 2.23. The van der Waals surface area contributed by atoms with Gasteiger partial charge in [-0.05, 0) is 43.3 Å². The fourth-order valence-corrected chi connectivity index (χ4v) is 3.45. The Bertz CT molecular complexity index is 1010. The average Bonchev–Trinajstić information content (AvgIpc) is 3.09. The van der Waals surface area contributed by atoms with Crippen LogP contribution in [0.2, 0.25) is 0 Å². The van der Waals surface area contributed by atoms with Crippen molar-refractivity contribution in [2.45, 2.75) is 25.1 Å². The van der Waals surface area contributed by atoms with E-state index >= 15 is 0 Å². The summed E-state index contributed by atoms with van der Waals surface area (Å²) in [5.74, 6) is 1.31. The molecule has 30 heavy (non-hydrogen) atoms. The molecule has 2 aromatic carbocycles. The number of ether oxygens (including phenoxy) is 1. The summed E-state index contributed by atoms with van der Waals surface area (Å²) in [6.45, 7) is 3.35. The maximum Gasteiger partial charge on any atom is 0.234 e. The van der Waals surface area contributed by atoms with E-state index in [1.165, 1.54) is 18.7 Å². The number of thioether (sulfide) groups is 1. The molecular weight excluding hydrogens is 402 g/mol. The van der Waals surface area contributed by atoms with Gasteiger partial charge in [-0.3, -0.25) is 9.59 Å². The molecule has 2 N–H and O–H groups in total. The SMILES string of the molecule is CC(=O)Nc1ccc(NC(=O)CSc2nnc(C(C)Oc3ccccc3)n2C)cc1. The molecule has 3 rings (SSSR count). The quantitative estimate of drug-likeness (QED) is 0.535. The number of benzene rings is 2. The molecule has 0 fully saturated rings. The molecule has 0 saturated heterocycles. The lowest BCUT2D eigenvalue weighted by Gasteiger charge is -2.14. The third-order valence-electron chi connectivity index (χ3n) is 4.11. The highest BCUT2D eigenvalue weighted by molar-refractivity contribution is 7.99. The predicted molar refractivity (Wildman–Crippen MR) is 117 cm³/mol. The molecule has 1 unspecified atom stereocenters. The second kappa shape index (κ2) is 9.93. The van der Waals surface area contributed by atoms with E-state index in [4.69, 9.17) is 4.74 Å². The topological polar surface area (TPSA) is 98.1 Å². The smallest absolute Gasteiger partial charge is 0.234 e. The summed E-state index contributed by atoms with van der Waals surface area (Å²) in [6.07, 6.45) is -0.282. The lowest BCUT2D eigenvalue weighted by Crippen LogP contribution is -2.15. The van der Waals surface area contributed by atoms with Gasteiger partial charge in [-0.2, -0.15) is 0 Å². The molecule has 8 nitrogen and oxygen atoms in total. The van der Waals surface area contributed by atoms with E-state index in [0.717, 1.165) is 5.75 Å². The number of rotatable bonds is 8. The second-order valence-corrected chi connectivity index (χ2v) is 7.51. The van der Waals surface area contributed by atoms with Crippen LogP contribution in [0.5, 0.6) is 5.75 Å². The van der Waals surface area contributed by atoms with Crippen LogP contribution in [-0.2, 0) is 16.6 Å². The summed E-state index contributed by atoms with van der Waals surface area (Å²) in [6, 6.07) is 16.4. The monoisotopic (exact) mass is 425 g/mol. The van der Waals surface area contributed by atoms with Crippen LogP contribution in [0, 0.1) is 0 Å². The average molecular weight is 426 g/mol. The molecule has 1 heterocycles. The summed E-state index contributed by atoms with van der Waals surface area (Å²) in [4.78, 5) is 23.3. The number of amides is 2. The molecule has 0 aliphatic rings. The van der Waals surface area contributed by atoms with E-state index in [1.54, 1.807) is 24.3 Å². The van der Waals surface area contributed by atoms with Gasteiger partial charge >= 0.3 is 0 Å². The number of hydrogen-bond donors (Lipinski definition) is 2.